The average molecular weight is 275 g/mol. The SMILES string of the molecule is CC[C@H](N)c1ccc2c(ccn2C(=O)OC(C)(C)C)n1. The van der Waals surface area contributed by atoms with Crippen molar-refractivity contribution in [2.24, 2.45) is 5.73 Å². The van der Waals surface area contributed by atoms with E-state index in [1.54, 1.807) is 12.3 Å². The van der Waals surface area contributed by atoms with E-state index in [1.807, 2.05) is 39.8 Å². The molecule has 0 aliphatic carbocycles. The Bertz CT molecular complexity index is 626. The Labute approximate surface area is 118 Å². The average Bonchev–Trinajstić information content (AvgIpc) is 2.78. The Kier molecular flexibility index (Phi) is 3.81. The number of nitrogens with two attached hydrogens (primary N) is 1. The van der Waals surface area contributed by atoms with Gasteiger partial charge in [0.05, 0.1) is 16.7 Å². The summed E-state index contributed by atoms with van der Waals surface area (Å²) in [5, 5.41) is 0. The van der Waals surface area contributed by atoms with Crippen LogP contribution in [0.15, 0.2) is 24.4 Å². The van der Waals surface area contributed by atoms with Crippen molar-refractivity contribution in [3.05, 3.63) is 30.1 Å². The molecule has 0 saturated carbocycles. The van der Waals surface area contributed by atoms with Gasteiger partial charge in [0.15, 0.2) is 0 Å². The Morgan fingerprint density at radius 3 is 2.70 bits per heavy atom. The molecule has 0 aromatic carbocycles. The maximum Gasteiger partial charge on any atom is 0.419 e. The first kappa shape index (κ1) is 14.5. The van der Waals surface area contributed by atoms with Crippen molar-refractivity contribution in [1.82, 2.24) is 9.55 Å². The molecule has 20 heavy (non-hydrogen) atoms. The van der Waals surface area contributed by atoms with Crippen molar-refractivity contribution in [2.45, 2.75) is 45.8 Å². The molecule has 5 heteroatoms. The highest BCUT2D eigenvalue weighted by molar-refractivity contribution is 5.87. The summed E-state index contributed by atoms with van der Waals surface area (Å²) in [5.74, 6) is 0. The van der Waals surface area contributed by atoms with Gasteiger partial charge in [-0.25, -0.2) is 9.78 Å². The maximum absolute atomic E-state index is 12.1. The van der Waals surface area contributed by atoms with E-state index in [9.17, 15) is 4.79 Å². The van der Waals surface area contributed by atoms with Crippen LogP contribution in [0.3, 0.4) is 0 Å². The third kappa shape index (κ3) is 2.99. The summed E-state index contributed by atoms with van der Waals surface area (Å²) in [5.41, 5.74) is 7.76. The summed E-state index contributed by atoms with van der Waals surface area (Å²) in [6, 6.07) is 5.43. The molecule has 5 nitrogen and oxygen atoms in total. The third-order valence-corrected chi connectivity index (χ3v) is 2.97. The van der Waals surface area contributed by atoms with Crippen LogP contribution >= 0.6 is 0 Å². The Balaban J connectivity index is 2.36. The van der Waals surface area contributed by atoms with Crippen molar-refractivity contribution in [1.29, 1.82) is 0 Å². The zero-order valence-electron chi connectivity index (χ0n) is 12.4. The van der Waals surface area contributed by atoms with Crippen LogP contribution in [0.25, 0.3) is 11.0 Å². The molecule has 2 rings (SSSR count). The van der Waals surface area contributed by atoms with Crippen LogP contribution in [0, 0.1) is 0 Å². The topological polar surface area (TPSA) is 70.1 Å². The van der Waals surface area contributed by atoms with Gasteiger partial charge in [0.25, 0.3) is 0 Å². The number of aromatic nitrogens is 2. The summed E-state index contributed by atoms with van der Waals surface area (Å²) in [4.78, 5) is 16.6. The molecular weight excluding hydrogens is 254 g/mol. The van der Waals surface area contributed by atoms with E-state index in [4.69, 9.17) is 10.5 Å². The molecule has 0 bridgehead atoms. The summed E-state index contributed by atoms with van der Waals surface area (Å²) in [7, 11) is 0. The second-order valence-corrected chi connectivity index (χ2v) is 5.82. The van der Waals surface area contributed by atoms with Crippen molar-refractivity contribution in [2.75, 3.05) is 0 Å². The van der Waals surface area contributed by atoms with Gasteiger partial charge in [-0.2, -0.15) is 0 Å². The van der Waals surface area contributed by atoms with Gasteiger partial charge in [0.2, 0.25) is 0 Å². The fourth-order valence-corrected chi connectivity index (χ4v) is 1.92. The minimum atomic E-state index is -0.522. The lowest BCUT2D eigenvalue weighted by atomic mass is 10.1. The monoisotopic (exact) mass is 275 g/mol. The maximum atomic E-state index is 12.1. The normalized spacial score (nSPS) is 13.4. The van der Waals surface area contributed by atoms with Gasteiger partial charge in [-0.15, -0.1) is 0 Å². The highest BCUT2D eigenvalue weighted by Crippen LogP contribution is 2.20. The van der Waals surface area contributed by atoms with Gasteiger partial charge in [0.1, 0.15) is 5.60 Å². The van der Waals surface area contributed by atoms with Crippen LogP contribution in [0.4, 0.5) is 4.79 Å². The number of rotatable bonds is 2. The molecule has 0 saturated heterocycles. The molecule has 108 valence electrons. The number of carbonyl (C=O) groups is 1. The lowest BCUT2D eigenvalue weighted by Crippen LogP contribution is -2.26. The van der Waals surface area contributed by atoms with E-state index in [-0.39, 0.29) is 6.04 Å². The van der Waals surface area contributed by atoms with Crippen molar-refractivity contribution < 1.29 is 9.53 Å². The molecule has 1 atom stereocenters. The molecule has 2 aromatic rings. The number of hydrogen-bond donors (Lipinski definition) is 1. The molecule has 0 unspecified atom stereocenters. The summed E-state index contributed by atoms with van der Waals surface area (Å²) in [6.07, 6.45) is 2.10. The lowest BCUT2D eigenvalue weighted by Gasteiger charge is -2.19. The van der Waals surface area contributed by atoms with Crippen LogP contribution in [0.2, 0.25) is 0 Å². The van der Waals surface area contributed by atoms with Gasteiger partial charge in [-0.3, -0.25) is 4.57 Å². The predicted molar refractivity (Wildman–Crippen MR) is 78.6 cm³/mol. The lowest BCUT2D eigenvalue weighted by molar-refractivity contribution is 0.0544. The fourth-order valence-electron chi connectivity index (χ4n) is 1.92. The number of nitrogens with zero attached hydrogens (tertiary/aromatic N) is 2. The number of carbonyl (C=O) groups excluding carboxylic acids is 1. The minimum absolute atomic E-state index is 0.0794. The molecule has 0 spiro atoms. The summed E-state index contributed by atoms with van der Waals surface area (Å²) < 4.78 is 6.83. The molecule has 2 aromatic heterocycles. The van der Waals surface area contributed by atoms with E-state index in [0.717, 1.165) is 23.1 Å². The van der Waals surface area contributed by atoms with Crippen molar-refractivity contribution >= 4 is 17.1 Å². The van der Waals surface area contributed by atoms with E-state index in [0.29, 0.717) is 0 Å². The van der Waals surface area contributed by atoms with E-state index >= 15 is 0 Å². The van der Waals surface area contributed by atoms with E-state index in [1.165, 1.54) is 4.57 Å². The molecule has 0 amide bonds. The van der Waals surface area contributed by atoms with E-state index < -0.39 is 11.7 Å². The van der Waals surface area contributed by atoms with Gasteiger partial charge in [-0.05, 0) is 45.4 Å². The zero-order valence-corrected chi connectivity index (χ0v) is 12.4. The summed E-state index contributed by atoms with van der Waals surface area (Å²) in [6.45, 7) is 7.54. The van der Waals surface area contributed by atoms with E-state index in [2.05, 4.69) is 4.98 Å². The third-order valence-electron chi connectivity index (χ3n) is 2.97. The van der Waals surface area contributed by atoms with Crippen LogP contribution in [-0.2, 0) is 4.74 Å². The highest BCUT2D eigenvalue weighted by Gasteiger charge is 2.19. The Morgan fingerprint density at radius 2 is 2.10 bits per heavy atom. The second-order valence-electron chi connectivity index (χ2n) is 5.82. The molecular formula is C15H21N3O2. The molecule has 2 heterocycles. The molecule has 0 aliphatic rings. The standard InChI is InChI=1S/C15H21N3O2/c1-5-10(16)11-6-7-13-12(17-11)8-9-18(13)14(19)20-15(2,3)4/h6-10H,5,16H2,1-4H3/t10-/m0/s1. The first-order valence-corrected chi connectivity index (χ1v) is 6.79. The summed E-state index contributed by atoms with van der Waals surface area (Å²) >= 11 is 0. The van der Waals surface area contributed by atoms with Gasteiger partial charge in [0, 0.05) is 12.2 Å². The van der Waals surface area contributed by atoms with Crippen molar-refractivity contribution in [3.8, 4) is 0 Å². The molecule has 2 N–H and O–H groups in total. The number of ether oxygens (including phenoxy) is 1. The molecule has 0 aliphatic heterocycles. The van der Waals surface area contributed by atoms with Crippen molar-refractivity contribution in [3.63, 3.8) is 0 Å². The molecule has 0 radical (unpaired) electrons. The Morgan fingerprint density at radius 1 is 1.40 bits per heavy atom. The van der Waals surface area contributed by atoms with Gasteiger partial charge < -0.3 is 10.5 Å². The van der Waals surface area contributed by atoms with Crippen LogP contribution in [0.1, 0.15) is 45.9 Å². The van der Waals surface area contributed by atoms with Gasteiger partial charge in [-0.1, -0.05) is 6.92 Å². The van der Waals surface area contributed by atoms with Gasteiger partial charge >= 0.3 is 6.09 Å². The van der Waals surface area contributed by atoms with Crippen LogP contribution in [0.5, 0.6) is 0 Å². The quantitative estimate of drug-likeness (QED) is 0.913. The minimum Gasteiger partial charge on any atom is -0.443 e. The van der Waals surface area contributed by atoms with Crippen LogP contribution < -0.4 is 5.73 Å². The number of hydrogen-bond acceptors (Lipinski definition) is 4. The highest BCUT2D eigenvalue weighted by atomic mass is 16.6. The predicted octanol–water partition coefficient (Wildman–Crippen LogP) is 3.23. The second kappa shape index (κ2) is 5.25. The number of pyridine rings is 1. The Hall–Kier alpha value is -1.88. The first-order valence-electron chi connectivity index (χ1n) is 6.79. The zero-order chi connectivity index (χ0) is 14.9. The first-order chi connectivity index (χ1) is 9.31. The smallest absolute Gasteiger partial charge is 0.419 e. The molecule has 0 fully saturated rings. The number of fused-ring (bicyclic) bond motifs is 1. The fraction of sp³-hybridized carbons (Fsp3) is 0.467. The largest absolute Gasteiger partial charge is 0.443 e. The van der Waals surface area contributed by atoms with Crippen LogP contribution in [-0.4, -0.2) is 21.2 Å².